The van der Waals surface area contributed by atoms with Crippen molar-refractivity contribution in [1.29, 1.82) is 0 Å². The van der Waals surface area contributed by atoms with Gasteiger partial charge in [0.2, 0.25) is 0 Å². The molecule has 0 spiro atoms. The van der Waals surface area contributed by atoms with Crippen LogP contribution in [0.2, 0.25) is 0 Å². The molecule has 1 aliphatic heterocycles. The van der Waals surface area contributed by atoms with Crippen LogP contribution >= 0.6 is 0 Å². The summed E-state index contributed by atoms with van der Waals surface area (Å²) in [6.07, 6.45) is 1.99. The molecule has 1 unspecified atom stereocenters. The van der Waals surface area contributed by atoms with Gasteiger partial charge in [-0.15, -0.1) is 0 Å². The highest BCUT2D eigenvalue weighted by Crippen LogP contribution is 2.24. The highest BCUT2D eigenvalue weighted by molar-refractivity contribution is 5.30. The molecule has 0 aromatic heterocycles. The topological polar surface area (TPSA) is 30.5 Å². The Balaban J connectivity index is 1.91. The SMILES string of the molecule is CCNC(C)c1ccc(OCC2CCOCC2)c(F)c1. The number of ether oxygens (including phenoxy) is 2. The van der Waals surface area contributed by atoms with Gasteiger partial charge in [-0.25, -0.2) is 4.39 Å². The average Bonchev–Trinajstić information content (AvgIpc) is 2.47. The Hall–Kier alpha value is -1.13. The van der Waals surface area contributed by atoms with Crippen molar-refractivity contribution in [1.82, 2.24) is 5.32 Å². The fraction of sp³-hybridized carbons (Fsp3) is 0.625. The Morgan fingerprint density at radius 2 is 2.15 bits per heavy atom. The van der Waals surface area contributed by atoms with Gasteiger partial charge < -0.3 is 14.8 Å². The van der Waals surface area contributed by atoms with Crippen LogP contribution in [0.25, 0.3) is 0 Å². The van der Waals surface area contributed by atoms with Crippen molar-refractivity contribution >= 4 is 0 Å². The van der Waals surface area contributed by atoms with Gasteiger partial charge in [-0.05, 0) is 49.9 Å². The molecule has 1 heterocycles. The molecule has 2 rings (SSSR count). The average molecular weight is 281 g/mol. The molecule has 0 saturated carbocycles. The van der Waals surface area contributed by atoms with E-state index in [9.17, 15) is 4.39 Å². The van der Waals surface area contributed by atoms with Crippen LogP contribution in [0, 0.1) is 11.7 Å². The molecule has 1 aliphatic rings. The van der Waals surface area contributed by atoms with Crippen LogP contribution in [-0.2, 0) is 4.74 Å². The molecule has 0 amide bonds. The summed E-state index contributed by atoms with van der Waals surface area (Å²) in [4.78, 5) is 0. The van der Waals surface area contributed by atoms with Gasteiger partial charge in [0.15, 0.2) is 11.6 Å². The Kier molecular flexibility index (Phi) is 5.80. The zero-order chi connectivity index (χ0) is 14.4. The molecule has 0 bridgehead atoms. The summed E-state index contributed by atoms with van der Waals surface area (Å²) in [5.41, 5.74) is 0.947. The van der Waals surface area contributed by atoms with E-state index in [1.165, 1.54) is 0 Å². The minimum Gasteiger partial charge on any atom is -0.490 e. The highest BCUT2D eigenvalue weighted by Gasteiger charge is 2.16. The lowest BCUT2D eigenvalue weighted by Crippen LogP contribution is -2.21. The van der Waals surface area contributed by atoms with Crippen molar-refractivity contribution in [3.05, 3.63) is 29.6 Å². The van der Waals surface area contributed by atoms with E-state index < -0.39 is 0 Å². The third-order valence-electron chi connectivity index (χ3n) is 3.78. The fourth-order valence-corrected chi connectivity index (χ4v) is 2.45. The molecule has 1 aromatic carbocycles. The lowest BCUT2D eigenvalue weighted by atomic mass is 10.0. The normalized spacial score (nSPS) is 17.9. The van der Waals surface area contributed by atoms with Gasteiger partial charge in [-0.3, -0.25) is 0 Å². The number of nitrogens with one attached hydrogen (secondary N) is 1. The Morgan fingerprint density at radius 3 is 2.80 bits per heavy atom. The summed E-state index contributed by atoms with van der Waals surface area (Å²) in [5, 5.41) is 3.27. The first-order valence-electron chi connectivity index (χ1n) is 7.44. The van der Waals surface area contributed by atoms with E-state index in [-0.39, 0.29) is 11.9 Å². The quantitative estimate of drug-likeness (QED) is 0.868. The number of rotatable bonds is 6. The van der Waals surface area contributed by atoms with Crippen LogP contribution in [0.4, 0.5) is 4.39 Å². The second-order valence-electron chi connectivity index (χ2n) is 5.34. The Bertz CT molecular complexity index is 419. The third-order valence-corrected chi connectivity index (χ3v) is 3.78. The lowest BCUT2D eigenvalue weighted by molar-refractivity contribution is 0.0491. The third kappa shape index (κ3) is 4.18. The number of benzene rings is 1. The molecule has 1 saturated heterocycles. The molecule has 112 valence electrons. The van der Waals surface area contributed by atoms with Crippen molar-refractivity contribution < 1.29 is 13.9 Å². The van der Waals surface area contributed by atoms with E-state index in [2.05, 4.69) is 5.32 Å². The summed E-state index contributed by atoms with van der Waals surface area (Å²) >= 11 is 0. The molecule has 20 heavy (non-hydrogen) atoms. The minimum atomic E-state index is -0.278. The van der Waals surface area contributed by atoms with E-state index in [0.29, 0.717) is 18.3 Å². The van der Waals surface area contributed by atoms with E-state index in [0.717, 1.165) is 38.2 Å². The molecule has 1 atom stereocenters. The largest absolute Gasteiger partial charge is 0.490 e. The van der Waals surface area contributed by atoms with E-state index >= 15 is 0 Å². The first-order chi connectivity index (χ1) is 9.70. The first kappa shape index (κ1) is 15.3. The maximum Gasteiger partial charge on any atom is 0.165 e. The standard InChI is InChI=1S/C16H24FNO2/c1-3-18-12(2)14-4-5-16(15(17)10-14)20-11-13-6-8-19-9-7-13/h4-5,10,12-13,18H,3,6-9,11H2,1-2H3. The highest BCUT2D eigenvalue weighted by atomic mass is 19.1. The van der Waals surface area contributed by atoms with Crippen molar-refractivity contribution in [2.75, 3.05) is 26.4 Å². The number of halogens is 1. The molecular weight excluding hydrogens is 257 g/mol. The molecule has 1 aromatic rings. The summed E-state index contributed by atoms with van der Waals surface area (Å²) in [6.45, 7) is 7.08. The monoisotopic (exact) mass is 281 g/mol. The molecule has 0 aliphatic carbocycles. The Labute approximate surface area is 120 Å². The number of hydrogen-bond acceptors (Lipinski definition) is 3. The lowest BCUT2D eigenvalue weighted by Gasteiger charge is -2.22. The molecule has 0 radical (unpaired) electrons. The predicted molar refractivity (Wildman–Crippen MR) is 77.5 cm³/mol. The maximum absolute atomic E-state index is 14.0. The summed E-state index contributed by atoms with van der Waals surface area (Å²) in [5.74, 6) is 0.548. The van der Waals surface area contributed by atoms with Crippen molar-refractivity contribution in [3.8, 4) is 5.75 Å². The van der Waals surface area contributed by atoms with Gasteiger partial charge in [-0.1, -0.05) is 13.0 Å². The van der Waals surface area contributed by atoms with Crippen LogP contribution in [0.1, 0.15) is 38.3 Å². The van der Waals surface area contributed by atoms with Crippen LogP contribution in [0.3, 0.4) is 0 Å². The van der Waals surface area contributed by atoms with Gasteiger partial charge in [0.05, 0.1) is 6.61 Å². The second-order valence-corrected chi connectivity index (χ2v) is 5.34. The molecule has 3 nitrogen and oxygen atoms in total. The molecule has 1 N–H and O–H groups in total. The van der Waals surface area contributed by atoms with Crippen molar-refractivity contribution in [2.45, 2.75) is 32.7 Å². The minimum absolute atomic E-state index is 0.152. The first-order valence-corrected chi connectivity index (χ1v) is 7.44. The van der Waals surface area contributed by atoms with E-state index in [1.54, 1.807) is 12.1 Å². The van der Waals surface area contributed by atoms with Crippen LogP contribution in [0.15, 0.2) is 18.2 Å². The number of hydrogen-bond donors (Lipinski definition) is 1. The van der Waals surface area contributed by atoms with Gasteiger partial charge in [0.25, 0.3) is 0 Å². The Morgan fingerprint density at radius 1 is 1.40 bits per heavy atom. The van der Waals surface area contributed by atoms with E-state index in [4.69, 9.17) is 9.47 Å². The molecule has 4 heteroatoms. The van der Waals surface area contributed by atoms with E-state index in [1.807, 2.05) is 19.9 Å². The van der Waals surface area contributed by atoms with Crippen LogP contribution in [0.5, 0.6) is 5.75 Å². The zero-order valence-electron chi connectivity index (χ0n) is 12.3. The molecular formula is C16H24FNO2. The second kappa shape index (κ2) is 7.60. The van der Waals surface area contributed by atoms with Gasteiger partial charge in [0, 0.05) is 19.3 Å². The summed E-state index contributed by atoms with van der Waals surface area (Å²) in [6, 6.07) is 5.37. The van der Waals surface area contributed by atoms with Crippen molar-refractivity contribution in [3.63, 3.8) is 0 Å². The summed E-state index contributed by atoms with van der Waals surface area (Å²) in [7, 11) is 0. The smallest absolute Gasteiger partial charge is 0.165 e. The van der Waals surface area contributed by atoms with Gasteiger partial charge in [0.1, 0.15) is 0 Å². The van der Waals surface area contributed by atoms with Gasteiger partial charge >= 0.3 is 0 Å². The molecule has 1 fully saturated rings. The predicted octanol–water partition coefficient (Wildman–Crippen LogP) is 3.30. The van der Waals surface area contributed by atoms with Crippen LogP contribution in [-0.4, -0.2) is 26.4 Å². The van der Waals surface area contributed by atoms with Crippen LogP contribution < -0.4 is 10.1 Å². The van der Waals surface area contributed by atoms with Gasteiger partial charge in [-0.2, -0.15) is 0 Å². The fourth-order valence-electron chi connectivity index (χ4n) is 2.45. The van der Waals surface area contributed by atoms with Crippen molar-refractivity contribution in [2.24, 2.45) is 5.92 Å². The zero-order valence-corrected chi connectivity index (χ0v) is 12.3. The summed E-state index contributed by atoms with van der Waals surface area (Å²) < 4.78 is 25.0. The maximum atomic E-state index is 14.0.